The number of carbonyl (C=O) groups excluding carboxylic acids is 1. The molecule has 0 bridgehead atoms. The summed E-state index contributed by atoms with van der Waals surface area (Å²) in [5.41, 5.74) is 1.60. The van der Waals surface area contributed by atoms with Gasteiger partial charge in [-0.2, -0.15) is 0 Å². The summed E-state index contributed by atoms with van der Waals surface area (Å²) < 4.78 is 0. The first-order valence-electron chi connectivity index (χ1n) is 4.57. The molecule has 0 aliphatic heterocycles. The molecule has 1 amide bonds. The summed E-state index contributed by atoms with van der Waals surface area (Å²) in [5, 5.41) is 10.7. The molecule has 0 saturated carbocycles. The van der Waals surface area contributed by atoms with Crippen LogP contribution in [0.5, 0.6) is 0 Å². The Kier molecular flexibility index (Phi) is 2.88. The Morgan fingerprint density at radius 3 is 3.29 bits per heavy atom. The quantitative estimate of drug-likeness (QED) is 0.773. The van der Waals surface area contributed by atoms with E-state index in [1.54, 1.807) is 5.51 Å². The predicted molar refractivity (Wildman–Crippen MR) is 55.0 cm³/mol. The van der Waals surface area contributed by atoms with Crippen molar-refractivity contribution in [1.82, 2.24) is 10.2 Å². The Bertz CT molecular complexity index is 334. The number of hydrogen-bond acceptors (Lipinski definition) is 4. The molecule has 1 atom stereocenters. The molecule has 1 aromatic rings. The number of nitrogens with one attached hydrogen (secondary N) is 1. The molecule has 0 fully saturated rings. The minimum atomic E-state index is 0.0262. The summed E-state index contributed by atoms with van der Waals surface area (Å²) in [6.07, 6.45) is 6.97. The SMILES string of the molecule is O=C(CC1C=CCC1)Nc1nncs1. The zero-order valence-corrected chi connectivity index (χ0v) is 8.46. The fraction of sp³-hybridized carbons (Fsp3) is 0.444. The fourth-order valence-electron chi connectivity index (χ4n) is 1.50. The molecule has 1 heterocycles. The van der Waals surface area contributed by atoms with Crippen LogP contribution >= 0.6 is 11.3 Å². The number of rotatable bonds is 3. The molecule has 14 heavy (non-hydrogen) atoms. The summed E-state index contributed by atoms with van der Waals surface area (Å²) in [4.78, 5) is 11.5. The minimum absolute atomic E-state index is 0.0262. The van der Waals surface area contributed by atoms with E-state index in [1.807, 2.05) is 0 Å². The molecule has 1 aliphatic rings. The second-order valence-electron chi connectivity index (χ2n) is 3.26. The van der Waals surface area contributed by atoms with Gasteiger partial charge < -0.3 is 5.32 Å². The van der Waals surface area contributed by atoms with Gasteiger partial charge in [0.05, 0.1) is 0 Å². The Morgan fingerprint density at radius 2 is 2.64 bits per heavy atom. The van der Waals surface area contributed by atoms with E-state index in [0.29, 0.717) is 17.5 Å². The van der Waals surface area contributed by atoms with E-state index in [9.17, 15) is 4.79 Å². The number of amides is 1. The monoisotopic (exact) mass is 209 g/mol. The number of aromatic nitrogens is 2. The molecule has 0 saturated heterocycles. The topological polar surface area (TPSA) is 54.9 Å². The molecular formula is C9H11N3OS. The number of allylic oxidation sites excluding steroid dienone is 2. The normalized spacial score (nSPS) is 19.9. The van der Waals surface area contributed by atoms with Gasteiger partial charge in [0.2, 0.25) is 11.0 Å². The number of hydrogen-bond donors (Lipinski definition) is 1. The van der Waals surface area contributed by atoms with Crippen molar-refractivity contribution in [3.8, 4) is 0 Å². The van der Waals surface area contributed by atoms with E-state index in [-0.39, 0.29) is 5.91 Å². The molecule has 0 radical (unpaired) electrons. The number of carbonyl (C=O) groups is 1. The lowest BCUT2D eigenvalue weighted by Crippen LogP contribution is -2.14. The molecule has 0 aromatic carbocycles. The van der Waals surface area contributed by atoms with Gasteiger partial charge in [-0.25, -0.2) is 0 Å². The molecule has 1 unspecified atom stereocenters. The smallest absolute Gasteiger partial charge is 0.226 e. The lowest BCUT2D eigenvalue weighted by atomic mass is 10.1. The lowest BCUT2D eigenvalue weighted by molar-refractivity contribution is -0.116. The van der Waals surface area contributed by atoms with Crippen LogP contribution in [-0.4, -0.2) is 16.1 Å². The molecule has 1 aromatic heterocycles. The average Bonchev–Trinajstić information content (AvgIpc) is 2.76. The van der Waals surface area contributed by atoms with Gasteiger partial charge in [0.15, 0.2) is 0 Å². The van der Waals surface area contributed by atoms with Crippen LogP contribution in [-0.2, 0) is 4.79 Å². The van der Waals surface area contributed by atoms with E-state index < -0.39 is 0 Å². The molecule has 4 nitrogen and oxygen atoms in total. The molecule has 5 heteroatoms. The van der Waals surface area contributed by atoms with Gasteiger partial charge in [-0.05, 0) is 18.8 Å². The molecule has 1 aliphatic carbocycles. The van der Waals surface area contributed by atoms with Crippen molar-refractivity contribution < 1.29 is 4.79 Å². The highest BCUT2D eigenvalue weighted by molar-refractivity contribution is 7.13. The number of nitrogens with zero attached hydrogens (tertiary/aromatic N) is 2. The van der Waals surface area contributed by atoms with Crippen molar-refractivity contribution >= 4 is 22.4 Å². The van der Waals surface area contributed by atoms with Gasteiger partial charge in [0.25, 0.3) is 0 Å². The summed E-state index contributed by atoms with van der Waals surface area (Å²) in [7, 11) is 0. The highest BCUT2D eigenvalue weighted by atomic mass is 32.1. The van der Waals surface area contributed by atoms with Gasteiger partial charge >= 0.3 is 0 Å². The highest BCUT2D eigenvalue weighted by Crippen LogP contribution is 2.21. The lowest BCUT2D eigenvalue weighted by Gasteiger charge is -2.05. The molecule has 0 spiro atoms. The molecule has 74 valence electrons. The third kappa shape index (κ3) is 2.38. The maximum atomic E-state index is 11.5. The van der Waals surface area contributed by atoms with Crippen molar-refractivity contribution in [1.29, 1.82) is 0 Å². The second-order valence-corrected chi connectivity index (χ2v) is 4.09. The largest absolute Gasteiger partial charge is 0.301 e. The molecule has 2 rings (SSSR count). The van der Waals surface area contributed by atoms with Crippen LogP contribution in [0.15, 0.2) is 17.7 Å². The van der Waals surface area contributed by atoms with Crippen molar-refractivity contribution in [2.75, 3.05) is 5.32 Å². The maximum absolute atomic E-state index is 11.5. The first-order valence-corrected chi connectivity index (χ1v) is 5.45. The zero-order valence-electron chi connectivity index (χ0n) is 7.64. The van der Waals surface area contributed by atoms with Gasteiger partial charge in [0, 0.05) is 6.42 Å². The van der Waals surface area contributed by atoms with Crippen molar-refractivity contribution in [2.24, 2.45) is 5.92 Å². The third-order valence-corrected chi connectivity index (χ3v) is 2.77. The van der Waals surface area contributed by atoms with E-state index in [1.165, 1.54) is 11.3 Å². The van der Waals surface area contributed by atoms with Crippen molar-refractivity contribution in [3.63, 3.8) is 0 Å². The maximum Gasteiger partial charge on any atom is 0.226 e. The first kappa shape index (κ1) is 9.33. The van der Waals surface area contributed by atoms with Crippen LogP contribution in [0.4, 0.5) is 5.13 Å². The van der Waals surface area contributed by atoms with E-state index in [4.69, 9.17) is 0 Å². The van der Waals surface area contributed by atoms with Crippen LogP contribution in [0.3, 0.4) is 0 Å². The Labute approximate surface area is 86.1 Å². The highest BCUT2D eigenvalue weighted by Gasteiger charge is 2.14. The van der Waals surface area contributed by atoms with Crippen LogP contribution in [0, 0.1) is 5.92 Å². The van der Waals surface area contributed by atoms with Crippen LogP contribution in [0.1, 0.15) is 19.3 Å². The third-order valence-electron chi connectivity index (χ3n) is 2.17. The van der Waals surface area contributed by atoms with Crippen molar-refractivity contribution in [3.05, 3.63) is 17.7 Å². The fourth-order valence-corrected chi connectivity index (χ4v) is 1.96. The van der Waals surface area contributed by atoms with Crippen molar-refractivity contribution in [2.45, 2.75) is 19.3 Å². The second kappa shape index (κ2) is 4.32. The molecule has 1 N–H and O–H groups in total. The summed E-state index contributed by atoms with van der Waals surface area (Å²) >= 11 is 1.34. The van der Waals surface area contributed by atoms with E-state index in [0.717, 1.165) is 12.8 Å². The molecular weight excluding hydrogens is 198 g/mol. The number of anilines is 1. The minimum Gasteiger partial charge on any atom is -0.301 e. The van der Waals surface area contributed by atoms with Crippen LogP contribution < -0.4 is 5.32 Å². The van der Waals surface area contributed by atoms with E-state index >= 15 is 0 Å². The Balaban J connectivity index is 1.81. The Hall–Kier alpha value is -1.23. The van der Waals surface area contributed by atoms with Crippen LogP contribution in [0.2, 0.25) is 0 Å². The van der Waals surface area contributed by atoms with Gasteiger partial charge in [-0.15, -0.1) is 10.2 Å². The summed E-state index contributed by atoms with van der Waals surface area (Å²) in [6, 6.07) is 0. The first-order chi connectivity index (χ1) is 6.84. The average molecular weight is 209 g/mol. The van der Waals surface area contributed by atoms with Crippen LogP contribution in [0.25, 0.3) is 0 Å². The summed E-state index contributed by atoms with van der Waals surface area (Å²) in [5.74, 6) is 0.432. The van der Waals surface area contributed by atoms with Gasteiger partial charge in [-0.3, -0.25) is 4.79 Å². The van der Waals surface area contributed by atoms with E-state index in [2.05, 4.69) is 27.7 Å². The Morgan fingerprint density at radius 1 is 1.71 bits per heavy atom. The summed E-state index contributed by atoms with van der Waals surface area (Å²) in [6.45, 7) is 0. The predicted octanol–water partition coefficient (Wildman–Crippen LogP) is 1.83. The zero-order chi connectivity index (χ0) is 9.80. The van der Waals surface area contributed by atoms with Gasteiger partial charge in [0.1, 0.15) is 5.51 Å². The standard InChI is InChI=1S/C9H11N3OS/c13-8(5-7-3-1-2-4-7)11-9-12-10-6-14-9/h1,3,6-7H,2,4-5H2,(H,11,12,13). The van der Waals surface area contributed by atoms with Gasteiger partial charge in [-0.1, -0.05) is 23.5 Å².